The van der Waals surface area contributed by atoms with Crippen LogP contribution in [0.5, 0.6) is 0 Å². The topological polar surface area (TPSA) is 110 Å². The number of fused-ring (bicyclic) bond motifs is 1. The molecule has 182 valence electrons. The monoisotopic (exact) mass is 511 g/mol. The molecule has 2 aromatic rings. The fraction of sp³-hybridized carbons (Fsp3) is 0.231. The predicted octanol–water partition coefficient (Wildman–Crippen LogP) is 3.98. The molecule has 0 saturated heterocycles. The third kappa shape index (κ3) is 5.10. The van der Waals surface area contributed by atoms with Crippen LogP contribution in [-0.4, -0.2) is 43.9 Å². The lowest BCUT2D eigenvalue weighted by Gasteiger charge is -2.24. The molecule has 2 aliphatic rings. The van der Waals surface area contributed by atoms with Crippen LogP contribution in [0.4, 0.5) is 5.69 Å². The second kappa shape index (κ2) is 9.81. The number of hydrogen-bond acceptors (Lipinski definition) is 4. The zero-order valence-corrected chi connectivity index (χ0v) is 21.0. The summed E-state index contributed by atoms with van der Waals surface area (Å²) in [7, 11) is -3.24. The van der Waals surface area contributed by atoms with Gasteiger partial charge in [0.15, 0.2) is 0 Å². The van der Waals surface area contributed by atoms with Crippen molar-refractivity contribution in [3.05, 3.63) is 81.4 Å². The van der Waals surface area contributed by atoms with Crippen LogP contribution in [0, 0.1) is 6.92 Å². The Labute approximate surface area is 210 Å². The minimum absolute atomic E-state index is 0.328. The van der Waals surface area contributed by atoms with Crippen LogP contribution in [0.3, 0.4) is 0 Å². The predicted molar refractivity (Wildman–Crippen MR) is 140 cm³/mol. The number of nitrogens with two attached hydrogens (primary N) is 1. The SMILES string of the molecule is Cc1c(NC(=O)/C=C\Cl)cccc1-c1ccc(C(N)=O)c2c1C=C(C1=CCN(S(C)(=O)=O)CC1)C2. The van der Waals surface area contributed by atoms with Gasteiger partial charge in [-0.05, 0) is 70.9 Å². The van der Waals surface area contributed by atoms with Gasteiger partial charge in [0.25, 0.3) is 0 Å². The number of nitrogens with zero attached hydrogens (tertiary/aromatic N) is 1. The van der Waals surface area contributed by atoms with Crippen molar-refractivity contribution < 1.29 is 18.0 Å². The van der Waals surface area contributed by atoms with Gasteiger partial charge in [0.05, 0.1) is 6.26 Å². The zero-order chi connectivity index (χ0) is 25.3. The number of allylic oxidation sites excluding steroid dienone is 1. The molecule has 4 rings (SSSR count). The number of rotatable bonds is 6. The Hall–Kier alpha value is -3.20. The Balaban J connectivity index is 1.76. The average Bonchev–Trinajstić information content (AvgIpc) is 3.25. The fourth-order valence-electron chi connectivity index (χ4n) is 4.65. The average molecular weight is 512 g/mol. The van der Waals surface area contributed by atoms with E-state index in [0.717, 1.165) is 44.5 Å². The molecule has 3 N–H and O–H groups in total. The van der Waals surface area contributed by atoms with Gasteiger partial charge in [-0.15, -0.1) is 0 Å². The first-order valence-electron chi connectivity index (χ1n) is 11.1. The molecule has 2 amide bonds. The first-order valence-corrected chi connectivity index (χ1v) is 13.4. The van der Waals surface area contributed by atoms with Crippen LogP contribution in [-0.2, 0) is 21.2 Å². The van der Waals surface area contributed by atoms with Crippen LogP contribution in [0.1, 0.15) is 33.5 Å². The van der Waals surface area contributed by atoms with Crippen LogP contribution >= 0.6 is 11.6 Å². The number of hydrogen-bond donors (Lipinski definition) is 2. The lowest BCUT2D eigenvalue weighted by molar-refractivity contribution is -0.111. The Morgan fingerprint density at radius 2 is 1.91 bits per heavy atom. The minimum Gasteiger partial charge on any atom is -0.366 e. The van der Waals surface area contributed by atoms with E-state index >= 15 is 0 Å². The van der Waals surface area contributed by atoms with Crippen molar-refractivity contribution >= 4 is 45.2 Å². The van der Waals surface area contributed by atoms with Crippen LogP contribution in [0.15, 0.2) is 59.2 Å². The van der Waals surface area contributed by atoms with Gasteiger partial charge in [-0.2, -0.15) is 4.31 Å². The number of nitrogens with one attached hydrogen (secondary N) is 1. The van der Waals surface area contributed by atoms with E-state index in [0.29, 0.717) is 37.2 Å². The molecule has 0 bridgehead atoms. The second-order valence-corrected chi connectivity index (χ2v) is 10.9. The Bertz CT molecular complexity index is 1420. The maximum absolute atomic E-state index is 12.2. The normalized spacial score (nSPS) is 16.1. The summed E-state index contributed by atoms with van der Waals surface area (Å²) < 4.78 is 25.2. The van der Waals surface area contributed by atoms with E-state index in [2.05, 4.69) is 11.4 Å². The number of benzene rings is 2. The Morgan fingerprint density at radius 1 is 1.14 bits per heavy atom. The molecule has 2 aromatic carbocycles. The summed E-state index contributed by atoms with van der Waals surface area (Å²) in [6, 6.07) is 9.27. The zero-order valence-electron chi connectivity index (χ0n) is 19.5. The number of anilines is 1. The van der Waals surface area contributed by atoms with Gasteiger partial charge in [-0.3, -0.25) is 9.59 Å². The van der Waals surface area contributed by atoms with Crippen molar-refractivity contribution in [3.8, 4) is 11.1 Å². The van der Waals surface area contributed by atoms with Gasteiger partial charge in [0.2, 0.25) is 21.8 Å². The summed E-state index contributed by atoms with van der Waals surface area (Å²) in [5.41, 5.74) is 14.6. The van der Waals surface area contributed by atoms with E-state index in [9.17, 15) is 18.0 Å². The summed E-state index contributed by atoms with van der Waals surface area (Å²) in [5, 5.41) is 2.83. The summed E-state index contributed by atoms with van der Waals surface area (Å²) in [4.78, 5) is 24.2. The first kappa shape index (κ1) is 24.9. The number of sulfonamides is 1. The standard InChI is InChI=1S/C26H26ClN3O4S/c1-16-19(4-3-5-24(16)29-25(31)8-11-27)20-6-7-21(26(28)32)23-15-18(14-22(20)23)17-9-12-30(13-10-17)35(2,33)34/h3-9,11,14H,10,12-13,15H2,1-2H3,(H2,28,32)(H,29,31)/b11-8-. The third-order valence-electron chi connectivity index (χ3n) is 6.46. The second-order valence-electron chi connectivity index (χ2n) is 8.62. The van der Waals surface area contributed by atoms with Crippen molar-refractivity contribution in [2.45, 2.75) is 19.8 Å². The van der Waals surface area contributed by atoms with Crippen LogP contribution < -0.4 is 11.1 Å². The summed E-state index contributed by atoms with van der Waals surface area (Å²) in [5.74, 6) is -0.821. The van der Waals surface area contributed by atoms with Crippen molar-refractivity contribution in [2.75, 3.05) is 24.7 Å². The summed E-state index contributed by atoms with van der Waals surface area (Å²) >= 11 is 5.52. The molecule has 0 unspecified atom stereocenters. The summed E-state index contributed by atoms with van der Waals surface area (Å²) in [6.45, 7) is 2.67. The number of amides is 2. The molecule has 7 nitrogen and oxygen atoms in total. The maximum atomic E-state index is 12.2. The molecule has 1 heterocycles. The van der Waals surface area contributed by atoms with E-state index < -0.39 is 15.9 Å². The van der Waals surface area contributed by atoms with Gasteiger partial charge < -0.3 is 11.1 Å². The molecule has 35 heavy (non-hydrogen) atoms. The highest BCUT2D eigenvalue weighted by molar-refractivity contribution is 7.88. The van der Waals surface area contributed by atoms with Crippen LogP contribution in [0.25, 0.3) is 17.2 Å². The molecule has 9 heteroatoms. The van der Waals surface area contributed by atoms with Gasteiger partial charge in [0.1, 0.15) is 0 Å². The van der Waals surface area contributed by atoms with E-state index in [-0.39, 0.29) is 5.91 Å². The minimum atomic E-state index is -3.24. The number of primary amides is 1. The Kier molecular flexibility index (Phi) is 6.98. The highest BCUT2D eigenvalue weighted by atomic mass is 35.5. The molecule has 0 aromatic heterocycles. The van der Waals surface area contributed by atoms with Crippen molar-refractivity contribution in [1.82, 2.24) is 4.31 Å². The van der Waals surface area contributed by atoms with E-state index in [1.165, 1.54) is 16.6 Å². The first-order chi connectivity index (χ1) is 16.6. The van der Waals surface area contributed by atoms with E-state index in [1.807, 2.05) is 37.3 Å². The third-order valence-corrected chi connectivity index (χ3v) is 7.85. The highest BCUT2D eigenvalue weighted by Crippen LogP contribution is 2.41. The van der Waals surface area contributed by atoms with Gasteiger partial charge >= 0.3 is 0 Å². The molecule has 1 aliphatic heterocycles. The molecule has 0 atom stereocenters. The quantitative estimate of drug-likeness (QED) is 0.571. The molecule has 0 spiro atoms. The van der Waals surface area contributed by atoms with Gasteiger partial charge in [-0.25, -0.2) is 8.42 Å². The fourth-order valence-corrected chi connectivity index (χ4v) is 5.53. The Morgan fingerprint density at radius 3 is 2.54 bits per heavy atom. The molecular formula is C26H26ClN3O4S. The maximum Gasteiger partial charge on any atom is 0.249 e. The molecule has 0 fully saturated rings. The van der Waals surface area contributed by atoms with Gasteiger partial charge in [0, 0.05) is 36.0 Å². The van der Waals surface area contributed by atoms with Crippen molar-refractivity contribution in [1.29, 1.82) is 0 Å². The summed E-state index contributed by atoms with van der Waals surface area (Å²) in [6.07, 6.45) is 7.61. The largest absolute Gasteiger partial charge is 0.366 e. The van der Waals surface area contributed by atoms with Crippen molar-refractivity contribution in [3.63, 3.8) is 0 Å². The lowest BCUT2D eigenvalue weighted by Crippen LogP contribution is -2.34. The highest BCUT2D eigenvalue weighted by Gasteiger charge is 2.27. The number of carbonyl (C=O) groups is 2. The smallest absolute Gasteiger partial charge is 0.249 e. The van der Waals surface area contributed by atoms with Gasteiger partial charge in [-0.1, -0.05) is 42.0 Å². The molecular weight excluding hydrogens is 486 g/mol. The van der Waals surface area contributed by atoms with Crippen molar-refractivity contribution in [2.24, 2.45) is 5.73 Å². The molecule has 1 aliphatic carbocycles. The number of halogens is 1. The van der Waals surface area contributed by atoms with E-state index in [4.69, 9.17) is 17.3 Å². The number of carbonyl (C=O) groups excluding carboxylic acids is 2. The van der Waals surface area contributed by atoms with E-state index in [1.54, 1.807) is 6.07 Å². The molecule has 0 radical (unpaired) electrons. The van der Waals surface area contributed by atoms with Crippen LogP contribution in [0.2, 0.25) is 0 Å². The molecule has 0 saturated carbocycles. The lowest BCUT2D eigenvalue weighted by atomic mass is 9.90.